The summed E-state index contributed by atoms with van der Waals surface area (Å²) in [6.45, 7) is 1.02. The SMILES string of the molecule is C1COC2CSCC2C1. The lowest BCUT2D eigenvalue weighted by Gasteiger charge is -2.24. The number of thioether (sulfide) groups is 1. The fourth-order valence-corrected chi connectivity index (χ4v) is 3.03. The van der Waals surface area contributed by atoms with Crippen LogP contribution >= 0.6 is 11.8 Å². The van der Waals surface area contributed by atoms with Crippen LogP contribution in [-0.4, -0.2) is 24.2 Å². The van der Waals surface area contributed by atoms with E-state index in [4.69, 9.17) is 4.74 Å². The largest absolute Gasteiger partial charge is 0.377 e. The molecule has 0 aromatic rings. The third-order valence-electron chi connectivity index (χ3n) is 2.19. The summed E-state index contributed by atoms with van der Waals surface area (Å²) in [7, 11) is 0. The van der Waals surface area contributed by atoms with Crippen LogP contribution in [-0.2, 0) is 4.74 Å². The molecule has 2 fully saturated rings. The minimum Gasteiger partial charge on any atom is -0.377 e. The minimum atomic E-state index is 0.628. The summed E-state index contributed by atoms with van der Waals surface area (Å²) < 4.78 is 5.58. The highest BCUT2D eigenvalue weighted by atomic mass is 32.2. The van der Waals surface area contributed by atoms with Crippen molar-refractivity contribution < 1.29 is 4.74 Å². The van der Waals surface area contributed by atoms with Gasteiger partial charge in [0.15, 0.2) is 0 Å². The Morgan fingerprint density at radius 3 is 3.22 bits per heavy atom. The van der Waals surface area contributed by atoms with E-state index < -0.39 is 0 Å². The predicted molar refractivity (Wildman–Crippen MR) is 39.8 cm³/mol. The lowest BCUT2D eigenvalue weighted by Crippen LogP contribution is -2.27. The highest BCUT2D eigenvalue weighted by Crippen LogP contribution is 2.32. The van der Waals surface area contributed by atoms with E-state index in [-0.39, 0.29) is 0 Å². The first kappa shape index (κ1) is 6.05. The fraction of sp³-hybridized carbons (Fsp3) is 1.00. The summed E-state index contributed by atoms with van der Waals surface area (Å²) in [6.07, 6.45) is 3.34. The van der Waals surface area contributed by atoms with Gasteiger partial charge in [0, 0.05) is 12.4 Å². The number of hydrogen-bond acceptors (Lipinski definition) is 2. The van der Waals surface area contributed by atoms with Gasteiger partial charge in [-0.1, -0.05) is 0 Å². The summed E-state index contributed by atoms with van der Waals surface area (Å²) in [6, 6.07) is 0. The second-order valence-corrected chi connectivity index (χ2v) is 3.92. The maximum Gasteiger partial charge on any atom is 0.0701 e. The molecule has 52 valence electrons. The van der Waals surface area contributed by atoms with Gasteiger partial charge in [-0.3, -0.25) is 0 Å². The van der Waals surface area contributed by atoms with Gasteiger partial charge in [-0.2, -0.15) is 11.8 Å². The Morgan fingerprint density at radius 1 is 1.33 bits per heavy atom. The Hall–Kier alpha value is 0.310. The molecule has 0 radical (unpaired) electrons. The van der Waals surface area contributed by atoms with Crippen molar-refractivity contribution in [3.8, 4) is 0 Å². The van der Waals surface area contributed by atoms with Crippen LogP contribution in [0.5, 0.6) is 0 Å². The summed E-state index contributed by atoms with van der Waals surface area (Å²) in [5, 5.41) is 0. The molecule has 0 aromatic heterocycles. The van der Waals surface area contributed by atoms with Crippen LogP contribution in [0.1, 0.15) is 12.8 Å². The molecule has 2 rings (SSSR count). The van der Waals surface area contributed by atoms with E-state index in [1.165, 1.54) is 24.3 Å². The van der Waals surface area contributed by atoms with Crippen molar-refractivity contribution in [3.05, 3.63) is 0 Å². The van der Waals surface area contributed by atoms with Gasteiger partial charge in [0.2, 0.25) is 0 Å². The summed E-state index contributed by atoms with van der Waals surface area (Å²) in [5.74, 6) is 3.51. The van der Waals surface area contributed by atoms with E-state index in [1.54, 1.807) is 0 Å². The Kier molecular flexibility index (Phi) is 1.68. The van der Waals surface area contributed by atoms with E-state index in [0.29, 0.717) is 6.10 Å². The first-order valence-electron chi connectivity index (χ1n) is 3.66. The number of ether oxygens (including phenoxy) is 1. The van der Waals surface area contributed by atoms with Gasteiger partial charge in [-0.15, -0.1) is 0 Å². The van der Waals surface area contributed by atoms with Crippen LogP contribution < -0.4 is 0 Å². The van der Waals surface area contributed by atoms with Gasteiger partial charge in [-0.05, 0) is 24.5 Å². The van der Waals surface area contributed by atoms with Gasteiger partial charge in [0.25, 0.3) is 0 Å². The topological polar surface area (TPSA) is 9.23 Å². The molecule has 2 atom stereocenters. The zero-order chi connectivity index (χ0) is 6.10. The van der Waals surface area contributed by atoms with Crippen molar-refractivity contribution in [2.75, 3.05) is 18.1 Å². The monoisotopic (exact) mass is 144 g/mol. The molecule has 2 aliphatic rings. The second kappa shape index (κ2) is 2.51. The highest BCUT2D eigenvalue weighted by Gasteiger charge is 2.30. The van der Waals surface area contributed by atoms with Crippen molar-refractivity contribution in [2.45, 2.75) is 18.9 Å². The molecule has 0 N–H and O–H groups in total. The molecule has 2 heterocycles. The Bertz CT molecular complexity index is 93.1. The van der Waals surface area contributed by atoms with Crippen molar-refractivity contribution in [2.24, 2.45) is 5.92 Å². The standard InChI is InChI=1S/C7H12OS/c1-2-6-4-9-5-7(6)8-3-1/h6-7H,1-5H2. The van der Waals surface area contributed by atoms with Gasteiger partial charge < -0.3 is 4.74 Å². The van der Waals surface area contributed by atoms with Crippen LogP contribution in [0.4, 0.5) is 0 Å². The predicted octanol–water partition coefficient (Wildman–Crippen LogP) is 1.53. The molecule has 0 spiro atoms. The Morgan fingerprint density at radius 2 is 2.33 bits per heavy atom. The molecule has 0 aromatic carbocycles. The third-order valence-corrected chi connectivity index (χ3v) is 3.42. The van der Waals surface area contributed by atoms with Gasteiger partial charge in [0.05, 0.1) is 6.10 Å². The normalized spacial score (nSPS) is 42.7. The molecule has 0 bridgehead atoms. The summed E-state index contributed by atoms with van der Waals surface area (Å²) in [5.41, 5.74) is 0. The molecule has 2 heteroatoms. The van der Waals surface area contributed by atoms with Crippen LogP contribution in [0.15, 0.2) is 0 Å². The van der Waals surface area contributed by atoms with E-state index in [0.717, 1.165) is 12.5 Å². The zero-order valence-electron chi connectivity index (χ0n) is 5.51. The molecular formula is C7H12OS. The van der Waals surface area contributed by atoms with Crippen LogP contribution in [0.3, 0.4) is 0 Å². The highest BCUT2D eigenvalue weighted by molar-refractivity contribution is 7.99. The Balaban J connectivity index is 1.97. The van der Waals surface area contributed by atoms with Crippen molar-refractivity contribution in [3.63, 3.8) is 0 Å². The fourth-order valence-electron chi connectivity index (χ4n) is 1.61. The average molecular weight is 144 g/mol. The number of rotatable bonds is 0. The number of hydrogen-bond donors (Lipinski definition) is 0. The average Bonchev–Trinajstić information content (AvgIpc) is 2.33. The van der Waals surface area contributed by atoms with Crippen LogP contribution in [0.25, 0.3) is 0 Å². The van der Waals surface area contributed by atoms with E-state index in [9.17, 15) is 0 Å². The molecule has 9 heavy (non-hydrogen) atoms. The van der Waals surface area contributed by atoms with Crippen molar-refractivity contribution >= 4 is 11.8 Å². The van der Waals surface area contributed by atoms with Crippen LogP contribution in [0.2, 0.25) is 0 Å². The quantitative estimate of drug-likeness (QED) is 0.510. The van der Waals surface area contributed by atoms with Gasteiger partial charge in [0.1, 0.15) is 0 Å². The van der Waals surface area contributed by atoms with Crippen molar-refractivity contribution in [1.82, 2.24) is 0 Å². The van der Waals surface area contributed by atoms with Crippen LogP contribution in [0, 0.1) is 5.92 Å². The molecule has 0 aliphatic carbocycles. The van der Waals surface area contributed by atoms with E-state index >= 15 is 0 Å². The smallest absolute Gasteiger partial charge is 0.0701 e. The zero-order valence-corrected chi connectivity index (χ0v) is 6.32. The van der Waals surface area contributed by atoms with Gasteiger partial charge >= 0.3 is 0 Å². The third kappa shape index (κ3) is 1.10. The van der Waals surface area contributed by atoms with Crippen molar-refractivity contribution in [1.29, 1.82) is 0 Å². The minimum absolute atomic E-state index is 0.628. The first-order chi connectivity index (χ1) is 4.47. The molecule has 2 unspecified atom stereocenters. The molecule has 2 saturated heterocycles. The molecular weight excluding hydrogens is 132 g/mol. The first-order valence-corrected chi connectivity index (χ1v) is 4.81. The molecule has 0 amide bonds. The van der Waals surface area contributed by atoms with E-state index in [2.05, 4.69) is 11.8 Å². The lowest BCUT2D eigenvalue weighted by molar-refractivity contribution is 0.00186. The maximum absolute atomic E-state index is 5.58. The maximum atomic E-state index is 5.58. The molecule has 2 aliphatic heterocycles. The Labute approximate surface area is 60.2 Å². The summed E-state index contributed by atoms with van der Waals surface area (Å²) in [4.78, 5) is 0. The molecule has 1 nitrogen and oxygen atoms in total. The number of fused-ring (bicyclic) bond motifs is 1. The lowest BCUT2D eigenvalue weighted by atomic mass is 9.98. The van der Waals surface area contributed by atoms with Gasteiger partial charge in [-0.25, -0.2) is 0 Å². The molecule has 0 saturated carbocycles. The second-order valence-electron chi connectivity index (χ2n) is 2.85. The van der Waals surface area contributed by atoms with E-state index in [1.807, 2.05) is 0 Å². The summed E-state index contributed by atoms with van der Waals surface area (Å²) >= 11 is 2.05.